The van der Waals surface area contributed by atoms with Crippen molar-refractivity contribution in [2.45, 2.75) is 6.29 Å². The highest BCUT2D eigenvalue weighted by Gasteiger charge is 2.43. The molecule has 1 fully saturated rings. The Bertz CT molecular complexity index is 898. The Hall–Kier alpha value is -2.88. The van der Waals surface area contributed by atoms with Crippen molar-refractivity contribution >= 4 is 28.6 Å². The molecule has 0 N–H and O–H groups in total. The highest BCUT2D eigenvalue weighted by Crippen LogP contribution is 2.44. The molecule has 3 heterocycles. The summed E-state index contributed by atoms with van der Waals surface area (Å²) < 4.78 is 36.4. The molecule has 25 heavy (non-hydrogen) atoms. The molecule has 1 aromatic carbocycles. The topological polar surface area (TPSA) is 69.0 Å². The number of nitrogens with zero attached hydrogens (tertiary/aromatic N) is 4. The van der Waals surface area contributed by atoms with E-state index >= 15 is 0 Å². The summed E-state index contributed by atoms with van der Waals surface area (Å²) in [6.45, 7) is 4.27. The van der Waals surface area contributed by atoms with Crippen molar-refractivity contribution in [3.8, 4) is 11.5 Å². The zero-order chi connectivity index (χ0) is 17.6. The number of amidine groups is 1. The van der Waals surface area contributed by atoms with Gasteiger partial charge in [0.15, 0.2) is 16.7 Å². The third-order valence-electron chi connectivity index (χ3n) is 3.41. The molecule has 1 saturated heterocycles. The zero-order valence-electron chi connectivity index (χ0n) is 12.6. The molecule has 0 aliphatic carbocycles. The maximum Gasteiger partial charge on any atom is 0.586 e. The number of alkyl halides is 2. The summed E-state index contributed by atoms with van der Waals surface area (Å²) in [5.41, 5.74) is 0.531. The zero-order valence-corrected chi connectivity index (χ0v) is 13.4. The van der Waals surface area contributed by atoms with Gasteiger partial charge in [0, 0.05) is 29.1 Å². The number of hydrogen-bond donors (Lipinski definition) is 0. The Balaban J connectivity index is 1.65. The predicted molar refractivity (Wildman–Crippen MR) is 87.2 cm³/mol. The summed E-state index contributed by atoms with van der Waals surface area (Å²) in [7, 11) is 0. The largest absolute Gasteiger partial charge is 0.586 e. The summed E-state index contributed by atoms with van der Waals surface area (Å²) in [4.78, 5) is 22.4. The fourth-order valence-corrected chi connectivity index (χ4v) is 3.22. The van der Waals surface area contributed by atoms with Gasteiger partial charge in [-0.1, -0.05) is 18.3 Å². The van der Waals surface area contributed by atoms with Crippen LogP contribution >= 0.6 is 11.8 Å². The van der Waals surface area contributed by atoms with Gasteiger partial charge in [-0.25, -0.2) is 9.78 Å². The van der Waals surface area contributed by atoms with E-state index in [0.717, 1.165) is 4.91 Å². The normalized spacial score (nSPS) is 19.7. The second-order valence-corrected chi connectivity index (χ2v) is 6.32. The Morgan fingerprint density at radius 1 is 1.36 bits per heavy atom. The Kier molecular flexibility index (Phi) is 3.49. The third-order valence-corrected chi connectivity index (χ3v) is 4.33. The number of thioether (sulfide) groups is 1. The van der Waals surface area contributed by atoms with Gasteiger partial charge in [0.05, 0.1) is 6.54 Å². The molecule has 0 bridgehead atoms. The summed E-state index contributed by atoms with van der Waals surface area (Å²) in [6.07, 6.45) is 0.606. The fraction of sp³-hybridized carbons (Fsp3) is 0.133. The number of aromatic nitrogens is 2. The number of fused-ring (bicyclic) bond motifs is 1. The second kappa shape index (κ2) is 5.59. The smallest absolute Gasteiger partial charge is 0.395 e. The number of aliphatic imine (C=N–C) groups is 1. The van der Waals surface area contributed by atoms with Crippen molar-refractivity contribution in [2.24, 2.45) is 4.99 Å². The number of anilines is 1. The van der Waals surface area contributed by atoms with Gasteiger partial charge in [-0.2, -0.15) is 4.99 Å². The minimum absolute atomic E-state index is 0.0487. The van der Waals surface area contributed by atoms with E-state index in [1.165, 1.54) is 47.2 Å². The molecule has 0 atom stereocenters. The molecule has 128 valence electrons. The number of benzene rings is 1. The average Bonchev–Trinajstić information content (AvgIpc) is 3.23. The van der Waals surface area contributed by atoms with E-state index in [1.807, 2.05) is 0 Å². The summed E-state index contributed by atoms with van der Waals surface area (Å²) in [5.74, 6) is -0.127. The molecule has 2 aliphatic heterocycles. The number of rotatable bonds is 1. The van der Waals surface area contributed by atoms with Gasteiger partial charge >= 0.3 is 12.3 Å². The predicted octanol–water partition coefficient (Wildman–Crippen LogP) is 3.30. The van der Waals surface area contributed by atoms with Crippen LogP contribution in [0.2, 0.25) is 0 Å². The SMILES string of the molecule is C=C1CN(c2ccc3c(c2)OC(F)(F)O3)C(=NC(=O)n2ccnc2)S1. The van der Waals surface area contributed by atoms with E-state index in [4.69, 9.17) is 0 Å². The Morgan fingerprint density at radius 3 is 2.92 bits per heavy atom. The van der Waals surface area contributed by atoms with Crippen molar-refractivity contribution in [1.82, 2.24) is 9.55 Å². The second-order valence-electron chi connectivity index (χ2n) is 5.17. The van der Waals surface area contributed by atoms with E-state index in [9.17, 15) is 13.6 Å². The molecule has 2 aromatic rings. The first-order valence-corrected chi connectivity index (χ1v) is 7.87. The number of halogens is 2. The molecular formula is C15H10F2N4O3S. The lowest BCUT2D eigenvalue weighted by atomic mass is 10.2. The first-order chi connectivity index (χ1) is 11.9. The quantitative estimate of drug-likeness (QED) is 0.773. The monoisotopic (exact) mass is 364 g/mol. The highest BCUT2D eigenvalue weighted by molar-refractivity contribution is 8.18. The van der Waals surface area contributed by atoms with E-state index < -0.39 is 12.3 Å². The van der Waals surface area contributed by atoms with Gasteiger partial charge < -0.3 is 14.4 Å². The molecule has 0 spiro atoms. The van der Waals surface area contributed by atoms with Crippen LogP contribution < -0.4 is 14.4 Å². The van der Waals surface area contributed by atoms with Crippen molar-refractivity contribution < 1.29 is 23.0 Å². The van der Waals surface area contributed by atoms with Gasteiger partial charge in [0.2, 0.25) is 0 Å². The van der Waals surface area contributed by atoms with Crippen molar-refractivity contribution in [3.63, 3.8) is 0 Å². The van der Waals surface area contributed by atoms with E-state index in [2.05, 4.69) is 26.0 Å². The number of imidazole rings is 1. The Labute approximate surface area is 144 Å². The van der Waals surface area contributed by atoms with Gasteiger partial charge in [-0.05, 0) is 12.1 Å². The lowest BCUT2D eigenvalue weighted by Gasteiger charge is -2.17. The molecular weight excluding hydrogens is 354 g/mol. The maximum atomic E-state index is 13.2. The van der Waals surface area contributed by atoms with Gasteiger partial charge in [0.1, 0.15) is 6.33 Å². The number of ether oxygens (including phenoxy) is 2. The molecule has 10 heteroatoms. The van der Waals surface area contributed by atoms with Crippen LogP contribution in [0.25, 0.3) is 0 Å². The van der Waals surface area contributed by atoms with Crippen LogP contribution in [0, 0.1) is 0 Å². The number of hydrogen-bond acceptors (Lipinski definition) is 5. The molecule has 0 saturated carbocycles. The first kappa shape index (κ1) is 15.6. The van der Waals surface area contributed by atoms with Gasteiger partial charge in [-0.15, -0.1) is 8.78 Å². The maximum absolute atomic E-state index is 13.2. The van der Waals surface area contributed by atoms with Crippen molar-refractivity contribution in [1.29, 1.82) is 0 Å². The van der Waals surface area contributed by atoms with Gasteiger partial charge in [0.25, 0.3) is 0 Å². The lowest BCUT2D eigenvalue weighted by molar-refractivity contribution is -0.286. The van der Waals surface area contributed by atoms with E-state index in [-0.39, 0.29) is 11.5 Å². The number of carbonyl (C=O) groups excluding carboxylic acids is 1. The minimum Gasteiger partial charge on any atom is -0.395 e. The molecule has 4 rings (SSSR count). The molecule has 0 unspecified atom stereocenters. The Morgan fingerprint density at radius 2 is 2.16 bits per heavy atom. The minimum atomic E-state index is -3.68. The summed E-state index contributed by atoms with van der Waals surface area (Å²) in [6, 6.07) is 3.85. The summed E-state index contributed by atoms with van der Waals surface area (Å²) in [5, 5.41) is 0.384. The van der Waals surface area contributed by atoms with Crippen LogP contribution in [0.3, 0.4) is 0 Å². The highest BCUT2D eigenvalue weighted by atomic mass is 32.2. The molecule has 0 radical (unpaired) electrons. The van der Waals surface area contributed by atoms with Crippen LogP contribution in [-0.4, -0.2) is 33.6 Å². The van der Waals surface area contributed by atoms with Crippen LogP contribution in [0.1, 0.15) is 0 Å². The van der Waals surface area contributed by atoms with E-state index in [1.54, 1.807) is 11.0 Å². The molecule has 7 nitrogen and oxygen atoms in total. The first-order valence-electron chi connectivity index (χ1n) is 7.05. The van der Waals surface area contributed by atoms with Crippen LogP contribution in [-0.2, 0) is 0 Å². The van der Waals surface area contributed by atoms with Crippen LogP contribution in [0.5, 0.6) is 11.5 Å². The lowest BCUT2D eigenvalue weighted by Crippen LogP contribution is -2.26. The standard InChI is InChI=1S/C15H10F2N4O3S/c1-9-7-21(14(25-9)19-13(22)20-5-4-18-8-20)10-2-3-11-12(6-10)24-15(16,17)23-11/h2-6,8H,1,7H2. The molecule has 1 amide bonds. The average molecular weight is 364 g/mol. The van der Waals surface area contributed by atoms with Crippen LogP contribution in [0.4, 0.5) is 19.3 Å². The molecule has 2 aliphatic rings. The number of amides is 1. The molecule has 1 aromatic heterocycles. The number of carbonyl (C=O) groups is 1. The third kappa shape index (κ3) is 2.95. The van der Waals surface area contributed by atoms with E-state index in [0.29, 0.717) is 17.4 Å². The van der Waals surface area contributed by atoms with Crippen LogP contribution in [0.15, 0.2) is 53.4 Å². The fourth-order valence-electron chi connectivity index (χ4n) is 2.36. The van der Waals surface area contributed by atoms with Crippen molar-refractivity contribution in [2.75, 3.05) is 11.4 Å². The van der Waals surface area contributed by atoms with Gasteiger partial charge in [-0.3, -0.25) is 4.57 Å². The summed E-state index contributed by atoms with van der Waals surface area (Å²) >= 11 is 1.23. The van der Waals surface area contributed by atoms with Crippen molar-refractivity contribution in [3.05, 3.63) is 48.4 Å².